The van der Waals surface area contributed by atoms with Crippen molar-refractivity contribution < 1.29 is 32.5 Å². The van der Waals surface area contributed by atoms with Gasteiger partial charge < -0.3 is 19.3 Å². The Morgan fingerprint density at radius 1 is 1.16 bits per heavy atom. The molecule has 168 valence electrons. The number of rotatable bonds is 9. The van der Waals surface area contributed by atoms with Crippen molar-refractivity contribution in [2.45, 2.75) is 0 Å². The molecule has 0 saturated heterocycles. The summed E-state index contributed by atoms with van der Waals surface area (Å²) < 4.78 is 41.3. The van der Waals surface area contributed by atoms with Gasteiger partial charge in [-0.3, -0.25) is 9.10 Å². The molecule has 0 heterocycles. The first kappa shape index (κ1) is 24.3. The van der Waals surface area contributed by atoms with Crippen LogP contribution in [0.15, 0.2) is 39.9 Å². The molecular formula is C19H22BrN3O7S. The molecule has 0 aliphatic heterocycles. The number of anilines is 1. The number of carbonyl (C=O) groups is 1. The zero-order chi connectivity index (χ0) is 23.2. The quantitative estimate of drug-likeness (QED) is 0.386. The van der Waals surface area contributed by atoms with Gasteiger partial charge in [-0.2, -0.15) is 5.10 Å². The first-order valence-electron chi connectivity index (χ1n) is 8.68. The molecule has 2 aromatic carbocycles. The van der Waals surface area contributed by atoms with E-state index in [1.807, 2.05) is 0 Å². The smallest absolute Gasteiger partial charge is 0.260 e. The second kappa shape index (κ2) is 10.4. The molecule has 0 aliphatic carbocycles. The molecule has 0 aromatic heterocycles. The Balaban J connectivity index is 2.20. The molecular weight excluding hydrogens is 494 g/mol. The molecule has 0 radical (unpaired) electrons. The topological polar surface area (TPSA) is 127 Å². The minimum Gasteiger partial charge on any atom is -0.503 e. The van der Waals surface area contributed by atoms with Crippen molar-refractivity contribution in [1.82, 2.24) is 5.43 Å². The molecule has 0 saturated carbocycles. The highest BCUT2D eigenvalue weighted by atomic mass is 79.9. The third-order valence-corrected chi connectivity index (χ3v) is 5.75. The average Bonchev–Trinajstić information content (AvgIpc) is 2.73. The van der Waals surface area contributed by atoms with E-state index >= 15 is 0 Å². The molecule has 0 bridgehead atoms. The zero-order valence-corrected chi connectivity index (χ0v) is 19.7. The predicted molar refractivity (Wildman–Crippen MR) is 120 cm³/mol. The van der Waals surface area contributed by atoms with Crippen LogP contribution in [0.2, 0.25) is 0 Å². The van der Waals surface area contributed by atoms with Crippen LogP contribution in [0.3, 0.4) is 0 Å². The summed E-state index contributed by atoms with van der Waals surface area (Å²) in [7, 11) is 0.439. The Kier molecular flexibility index (Phi) is 8.11. The summed E-state index contributed by atoms with van der Waals surface area (Å²) in [6.07, 6.45) is 2.30. The van der Waals surface area contributed by atoms with Crippen molar-refractivity contribution in [3.8, 4) is 23.0 Å². The molecule has 1 amide bonds. The summed E-state index contributed by atoms with van der Waals surface area (Å²) in [6, 6.07) is 7.64. The molecule has 31 heavy (non-hydrogen) atoms. The van der Waals surface area contributed by atoms with Gasteiger partial charge in [0.1, 0.15) is 18.0 Å². The lowest BCUT2D eigenvalue weighted by Crippen LogP contribution is -2.39. The third kappa shape index (κ3) is 6.25. The van der Waals surface area contributed by atoms with Gasteiger partial charge in [-0.05, 0) is 45.8 Å². The standard InChI is InChI=1S/C19H22BrN3O7S/c1-28-13-5-6-15(16(9-13)29-2)23(31(4,26)27)11-18(24)22-21-10-12-7-14(20)19(25)17(8-12)30-3/h5-10,25H,11H2,1-4H3,(H,22,24)/b21-10-. The number of hydrazone groups is 1. The van der Waals surface area contributed by atoms with Gasteiger partial charge in [-0.15, -0.1) is 0 Å². The van der Waals surface area contributed by atoms with Gasteiger partial charge in [-0.1, -0.05) is 0 Å². The first-order chi connectivity index (χ1) is 14.6. The van der Waals surface area contributed by atoms with Crippen molar-refractivity contribution in [2.75, 3.05) is 38.4 Å². The Morgan fingerprint density at radius 3 is 2.42 bits per heavy atom. The maximum absolute atomic E-state index is 12.4. The fraction of sp³-hybridized carbons (Fsp3) is 0.263. The minimum absolute atomic E-state index is 0.0686. The highest BCUT2D eigenvalue weighted by Crippen LogP contribution is 2.35. The molecule has 12 heteroatoms. The number of aromatic hydroxyl groups is 1. The van der Waals surface area contributed by atoms with Crippen LogP contribution in [-0.4, -0.2) is 59.8 Å². The number of sulfonamides is 1. The van der Waals surface area contributed by atoms with Gasteiger partial charge in [0.05, 0.1) is 44.0 Å². The molecule has 0 atom stereocenters. The van der Waals surface area contributed by atoms with Gasteiger partial charge in [0.2, 0.25) is 10.0 Å². The van der Waals surface area contributed by atoms with Crippen molar-refractivity contribution in [2.24, 2.45) is 5.10 Å². The molecule has 10 nitrogen and oxygen atoms in total. The monoisotopic (exact) mass is 515 g/mol. The van der Waals surface area contributed by atoms with Crippen molar-refractivity contribution >= 4 is 43.8 Å². The summed E-state index contributed by atoms with van der Waals surface area (Å²) in [6.45, 7) is -0.526. The van der Waals surface area contributed by atoms with E-state index in [0.29, 0.717) is 15.8 Å². The van der Waals surface area contributed by atoms with Gasteiger partial charge in [0.15, 0.2) is 11.5 Å². The van der Waals surface area contributed by atoms with Gasteiger partial charge in [-0.25, -0.2) is 13.8 Å². The molecule has 0 fully saturated rings. The number of nitrogens with zero attached hydrogens (tertiary/aromatic N) is 2. The summed E-state index contributed by atoms with van der Waals surface area (Å²) in [5.41, 5.74) is 2.98. The normalized spacial score (nSPS) is 11.3. The number of carbonyl (C=O) groups excluding carboxylic acids is 1. The zero-order valence-electron chi connectivity index (χ0n) is 17.2. The Morgan fingerprint density at radius 2 is 1.84 bits per heavy atom. The summed E-state index contributed by atoms with van der Waals surface area (Å²) in [5, 5.41) is 13.7. The van der Waals surface area contributed by atoms with Crippen LogP contribution < -0.4 is 23.9 Å². The number of ether oxygens (including phenoxy) is 3. The Hall–Kier alpha value is -2.99. The average molecular weight is 516 g/mol. The Bertz CT molecular complexity index is 1090. The van der Waals surface area contributed by atoms with E-state index in [-0.39, 0.29) is 22.9 Å². The van der Waals surface area contributed by atoms with Gasteiger partial charge >= 0.3 is 0 Å². The van der Waals surface area contributed by atoms with E-state index in [9.17, 15) is 18.3 Å². The predicted octanol–water partition coefficient (Wildman–Crippen LogP) is 2.10. The third-order valence-electron chi connectivity index (χ3n) is 4.02. The van der Waals surface area contributed by atoms with Crippen LogP contribution in [0.25, 0.3) is 0 Å². The van der Waals surface area contributed by atoms with Crippen LogP contribution in [-0.2, 0) is 14.8 Å². The highest BCUT2D eigenvalue weighted by Gasteiger charge is 2.24. The lowest BCUT2D eigenvalue weighted by Gasteiger charge is -2.23. The second-order valence-corrected chi connectivity index (χ2v) is 8.92. The van der Waals surface area contributed by atoms with E-state index in [1.165, 1.54) is 45.7 Å². The number of methoxy groups -OCH3 is 3. The molecule has 2 rings (SSSR count). The van der Waals surface area contributed by atoms with Crippen molar-refractivity contribution in [1.29, 1.82) is 0 Å². The van der Waals surface area contributed by atoms with E-state index in [1.54, 1.807) is 12.1 Å². The van der Waals surface area contributed by atoms with Crippen LogP contribution in [0, 0.1) is 0 Å². The van der Waals surface area contributed by atoms with E-state index in [4.69, 9.17) is 14.2 Å². The second-order valence-electron chi connectivity index (χ2n) is 6.15. The van der Waals surface area contributed by atoms with Crippen molar-refractivity contribution in [3.63, 3.8) is 0 Å². The number of phenolic OH excluding ortho intramolecular Hbond substituents is 1. The van der Waals surface area contributed by atoms with Crippen LogP contribution in [0.4, 0.5) is 5.69 Å². The summed E-state index contributed by atoms with van der Waals surface area (Å²) >= 11 is 3.19. The number of hydrogen-bond donors (Lipinski definition) is 2. The number of phenols is 1. The maximum atomic E-state index is 12.4. The van der Waals surface area contributed by atoms with Crippen LogP contribution in [0.1, 0.15) is 5.56 Å². The lowest BCUT2D eigenvalue weighted by molar-refractivity contribution is -0.119. The van der Waals surface area contributed by atoms with E-state index < -0.39 is 22.5 Å². The summed E-state index contributed by atoms with van der Waals surface area (Å²) in [5.74, 6) is 0.169. The Labute approximate surface area is 188 Å². The minimum atomic E-state index is -3.81. The largest absolute Gasteiger partial charge is 0.503 e. The molecule has 2 N–H and O–H groups in total. The summed E-state index contributed by atoms with van der Waals surface area (Å²) in [4.78, 5) is 12.4. The number of hydrogen-bond acceptors (Lipinski definition) is 8. The SMILES string of the molecule is COc1ccc(N(CC(=O)N/N=C\c2cc(Br)c(O)c(OC)c2)S(C)(=O)=O)c(OC)c1. The molecule has 0 unspecified atom stereocenters. The fourth-order valence-electron chi connectivity index (χ4n) is 2.54. The van der Waals surface area contributed by atoms with Gasteiger partial charge in [0, 0.05) is 6.07 Å². The number of benzene rings is 2. The molecule has 0 aliphatic rings. The number of nitrogens with one attached hydrogen (secondary N) is 1. The van der Waals surface area contributed by atoms with Crippen molar-refractivity contribution in [3.05, 3.63) is 40.4 Å². The first-order valence-corrected chi connectivity index (χ1v) is 11.3. The molecule has 0 spiro atoms. The maximum Gasteiger partial charge on any atom is 0.260 e. The molecule has 2 aromatic rings. The van der Waals surface area contributed by atoms with Crippen LogP contribution >= 0.6 is 15.9 Å². The van der Waals surface area contributed by atoms with Crippen LogP contribution in [0.5, 0.6) is 23.0 Å². The highest BCUT2D eigenvalue weighted by molar-refractivity contribution is 9.10. The lowest BCUT2D eigenvalue weighted by atomic mass is 10.2. The van der Waals surface area contributed by atoms with Gasteiger partial charge in [0.25, 0.3) is 5.91 Å². The van der Waals surface area contributed by atoms with E-state index in [0.717, 1.165) is 10.6 Å². The fourth-order valence-corrected chi connectivity index (χ4v) is 3.86. The number of amides is 1. The number of halogens is 1. The van der Waals surface area contributed by atoms with E-state index in [2.05, 4.69) is 26.5 Å².